The van der Waals surface area contributed by atoms with Crippen LogP contribution in [0, 0.1) is 12.8 Å². The summed E-state index contributed by atoms with van der Waals surface area (Å²) < 4.78 is 0. The number of hydrogen-bond donors (Lipinski definition) is 2. The number of aromatic amines is 1. The largest absolute Gasteiger partial charge is 0.342 e. The lowest BCUT2D eigenvalue weighted by Gasteiger charge is -2.29. The van der Waals surface area contributed by atoms with Crippen molar-refractivity contribution in [2.24, 2.45) is 11.7 Å². The monoisotopic (exact) mass is 257 g/mol. The zero-order chi connectivity index (χ0) is 13.2. The van der Waals surface area contributed by atoms with Gasteiger partial charge < -0.3 is 10.7 Å². The highest BCUT2D eigenvalue weighted by Crippen LogP contribution is 2.36. The Morgan fingerprint density at radius 3 is 2.84 bits per heavy atom. The van der Waals surface area contributed by atoms with Gasteiger partial charge in [0.25, 0.3) is 0 Å². The molecular weight excluding hydrogens is 234 g/mol. The summed E-state index contributed by atoms with van der Waals surface area (Å²) in [6, 6.07) is 6.59. The summed E-state index contributed by atoms with van der Waals surface area (Å²) in [6.07, 6.45) is 6.80. The van der Waals surface area contributed by atoms with E-state index in [1.54, 1.807) is 0 Å². The number of benzene rings is 1. The molecule has 1 aliphatic carbocycles. The Bertz CT molecular complexity index is 552. The third kappa shape index (κ3) is 2.52. The number of nitrogens with zero attached hydrogens (tertiary/aromatic N) is 1. The Morgan fingerprint density at radius 1 is 1.32 bits per heavy atom. The van der Waals surface area contributed by atoms with Crippen molar-refractivity contribution < 1.29 is 0 Å². The van der Waals surface area contributed by atoms with Crippen molar-refractivity contribution in [3.05, 3.63) is 29.6 Å². The molecule has 3 heteroatoms. The Labute approximate surface area is 114 Å². The fraction of sp³-hybridized carbons (Fsp3) is 0.562. The molecule has 1 aromatic carbocycles. The molecule has 0 aliphatic heterocycles. The van der Waals surface area contributed by atoms with E-state index in [9.17, 15) is 0 Å². The first-order valence-corrected chi connectivity index (χ1v) is 7.44. The average molecular weight is 257 g/mol. The molecule has 102 valence electrons. The Hall–Kier alpha value is -1.35. The van der Waals surface area contributed by atoms with E-state index in [2.05, 4.69) is 28.2 Å². The molecule has 19 heavy (non-hydrogen) atoms. The lowest BCUT2D eigenvalue weighted by Crippen LogP contribution is -2.23. The van der Waals surface area contributed by atoms with Crippen LogP contribution in [0.15, 0.2) is 18.2 Å². The van der Waals surface area contributed by atoms with E-state index in [0.717, 1.165) is 29.3 Å². The lowest BCUT2D eigenvalue weighted by molar-refractivity contribution is 0.307. The molecule has 1 unspecified atom stereocenters. The highest BCUT2D eigenvalue weighted by Gasteiger charge is 2.24. The maximum absolute atomic E-state index is 6.06. The van der Waals surface area contributed by atoms with Crippen LogP contribution in [-0.2, 0) is 0 Å². The zero-order valence-electron chi connectivity index (χ0n) is 11.7. The van der Waals surface area contributed by atoms with E-state index < -0.39 is 0 Å². The number of nitrogens with one attached hydrogen (secondary N) is 1. The molecule has 0 bridgehead atoms. The summed E-state index contributed by atoms with van der Waals surface area (Å²) in [5.41, 5.74) is 9.64. The quantitative estimate of drug-likeness (QED) is 0.884. The first-order chi connectivity index (χ1) is 9.28. The summed E-state index contributed by atoms with van der Waals surface area (Å²) >= 11 is 0. The molecule has 1 aromatic heterocycles. The summed E-state index contributed by atoms with van der Waals surface area (Å²) in [4.78, 5) is 7.79. The van der Waals surface area contributed by atoms with E-state index in [-0.39, 0.29) is 0 Å². The minimum atomic E-state index is 0.508. The average Bonchev–Trinajstić information content (AvgIpc) is 2.80. The van der Waals surface area contributed by atoms with Gasteiger partial charge in [0, 0.05) is 0 Å². The van der Waals surface area contributed by atoms with Gasteiger partial charge >= 0.3 is 0 Å². The molecule has 3 N–H and O–H groups in total. The Morgan fingerprint density at radius 2 is 2.11 bits per heavy atom. The topological polar surface area (TPSA) is 54.7 Å². The van der Waals surface area contributed by atoms with Gasteiger partial charge in [-0.1, -0.05) is 25.3 Å². The van der Waals surface area contributed by atoms with Gasteiger partial charge in [-0.2, -0.15) is 0 Å². The number of fused-ring (bicyclic) bond motifs is 1. The summed E-state index contributed by atoms with van der Waals surface area (Å²) in [6.45, 7) is 2.75. The van der Waals surface area contributed by atoms with Gasteiger partial charge in [-0.25, -0.2) is 4.98 Å². The molecule has 1 atom stereocenters. The molecule has 3 nitrogen and oxygen atoms in total. The van der Waals surface area contributed by atoms with Crippen LogP contribution in [0.3, 0.4) is 0 Å². The van der Waals surface area contributed by atoms with E-state index in [4.69, 9.17) is 5.73 Å². The van der Waals surface area contributed by atoms with Gasteiger partial charge in [0.15, 0.2) is 0 Å². The van der Waals surface area contributed by atoms with Crippen molar-refractivity contribution >= 4 is 11.0 Å². The van der Waals surface area contributed by atoms with E-state index in [1.165, 1.54) is 37.7 Å². The molecule has 3 rings (SSSR count). The van der Waals surface area contributed by atoms with Crippen LogP contribution in [0.2, 0.25) is 0 Å². The number of aromatic nitrogens is 2. The summed E-state index contributed by atoms with van der Waals surface area (Å²) in [5, 5.41) is 0. The van der Waals surface area contributed by atoms with Crippen LogP contribution in [0.5, 0.6) is 0 Å². The Balaban J connectivity index is 1.91. The highest BCUT2D eigenvalue weighted by atomic mass is 14.9. The minimum absolute atomic E-state index is 0.508. The predicted octanol–water partition coefficient (Wildman–Crippen LogP) is 3.49. The van der Waals surface area contributed by atoms with E-state index in [1.807, 2.05) is 6.92 Å². The maximum Gasteiger partial charge on any atom is 0.104 e. The van der Waals surface area contributed by atoms with Crippen molar-refractivity contribution in [3.8, 4) is 0 Å². The number of hydrogen-bond acceptors (Lipinski definition) is 2. The molecule has 1 saturated carbocycles. The first kappa shape index (κ1) is 12.7. The second-order valence-electron chi connectivity index (χ2n) is 5.84. The van der Waals surface area contributed by atoms with Crippen LogP contribution >= 0.6 is 0 Å². The molecule has 0 amide bonds. The van der Waals surface area contributed by atoms with Crippen LogP contribution in [0.4, 0.5) is 0 Å². The highest BCUT2D eigenvalue weighted by molar-refractivity contribution is 5.76. The van der Waals surface area contributed by atoms with Crippen molar-refractivity contribution in [3.63, 3.8) is 0 Å². The second-order valence-corrected chi connectivity index (χ2v) is 5.84. The van der Waals surface area contributed by atoms with Crippen molar-refractivity contribution in [1.82, 2.24) is 9.97 Å². The van der Waals surface area contributed by atoms with Gasteiger partial charge in [-0.05, 0) is 55.8 Å². The zero-order valence-corrected chi connectivity index (χ0v) is 11.7. The first-order valence-electron chi connectivity index (χ1n) is 7.44. The third-order valence-electron chi connectivity index (χ3n) is 4.53. The number of rotatable bonds is 3. The van der Waals surface area contributed by atoms with Crippen LogP contribution < -0.4 is 5.73 Å². The normalized spacial score (nSPS) is 18.8. The number of imidazole rings is 1. The smallest absolute Gasteiger partial charge is 0.104 e. The maximum atomic E-state index is 6.06. The van der Waals surface area contributed by atoms with Crippen LogP contribution in [-0.4, -0.2) is 16.5 Å². The lowest BCUT2D eigenvalue weighted by atomic mass is 9.77. The molecule has 1 heterocycles. The predicted molar refractivity (Wildman–Crippen MR) is 79.2 cm³/mol. The van der Waals surface area contributed by atoms with Gasteiger partial charge in [0.2, 0.25) is 0 Å². The fourth-order valence-corrected chi connectivity index (χ4v) is 3.52. The molecule has 0 radical (unpaired) electrons. The SMILES string of the molecule is Cc1nc2ccc(C(CN)C3CCCCC3)cc2[nH]1. The molecule has 1 fully saturated rings. The molecule has 0 spiro atoms. The Kier molecular flexibility index (Phi) is 3.56. The van der Waals surface area contributed by atoms with Gasteiger partial charge in [0.1, 0.15) is 5.82 Å². The standard InChI is InChI=1S/C16H23N3/c1-11-18-15-8-7-13(9-16(15)19-11)14(10-17)12-5-3-2-4-6-12/h7-9,12,14H,2-6,10,17H2,1H3,(H,18,19). The van der Waals surface area contributed by atoms with Crippen LogP contribution in [0.25, 0.3) is 11.0 Å². The van der Waals surface area contributed by atoms with Crippen molar-refractivity contribution in [2.75, 3.05) is 6.54 Å². The second kappa shape index (κ2) is 5.33. The van der Waals surface area contributed by atoms with Crippen molar-refractivity contribution in [1.29, 1.82) is 0 Å². The van der Waals surface area contributed by atoms with Crippen molar-refractivity contribution in [2.45, 2.75) is 44.9 Å². The summed E-state index contributed by atoms with van der Waals surface area (Å²) in [7, 11) is 0. The number of nitrogens with two attached hydrogens (primary N) is 1. The fourth-order valence-electron chi connectivity index (χ4n) is 3.52. The van der Waals surface area contributed by atoms with Crippen LogP contribution in [0.1, 0.15) is 49.4 Å². The molecular formula is C16H23N3. The number of aryl methyl sites for hydroxylation is 1. The van der Waals surface area contributed by atoms with Gasteiger partial charge in [-0.15, -0.1) is 0 Å². The molecule has 0 saturated heterocycles. The summed E-state index contributed by atoms with van der Waals surface area (Å²) in [5.74, 6) is 2.25. The third-order valence-corrected chi connectivity index (χ3v) is 4.53. The van der Waals surface area contributed by atoms with E-state index >= 15 is 0 Å². The molecule has 1 aliphatic rings. The van der Waals surface area contributed by atoms with E-state index in [0.29, 0.717) is 5.92 Å². The minimum Gasteiger partial charge on any atom is -0.342 e. The van der Waals surface area contributed by atoms with Gasteiger partial charge in [0.05, 0.1) is 11.0 Å². The number of H-pyrrole nitrogens is 1. The van der Waals surface area contributed by atoms with Gasteiger partial charge in [-0.3, -0.25) is 0 Å². The molecule has 2 aromatic rings.